The van der Waals surface area contributed by atoms with Gasteiger partial charge in [0.1, 0.15) is 0 Å². The summed E-state index contributed by atoms with van der Waals surface area (Å²) < 4.78 is 0. The van der Waals surface area contributed by atoms with Crippen molar-refractivity contribution in [1.82, 2.24) is 0 Å². The molecule has 8 aromatic carbocycles. The van der Waals surface area contributed by atoms with Crippen LogP contribution in [0.5, 0.6) is 0 Å². The first-order valence-electron chi connectivity index (χ1n) is 18.1. The van der Waals surface area contributed by atoms with Gasteiger partial charge in [0.15, 0.2) is 0 Å². The number of aryl methyl sites for hydroxylation is 1. The molecular formula is C51H36. The third-order valence-electron chi connectivity index (χ3n) is 11.1. The number of benzene rings is 8. The molecular weight excluding hydrogens is 613 g/mol. The Bertz CT molecular complexity index is 2680. The van der Waals surface area contributed by atoms with Crippen molar-refractivity contribution in [2.75, 3.05) is 0 Å². The van der Waals surface area contributed by atoms with Crippen LogP contribution in [0.2, 0.25) is 0 Å². The average molecular weight is 649 g/mol. The molecule has 2 aliphatic rings. The van der Waals surface area contributed by atoms with Gasteiger partial charge in [0.05, 0.1) is 0 Å². The fourth-order valence-corrected chi connectivity index (χ4v) is 8.86. The van der Waals surface area contributed by atoms with Gasteiger partial charge in [-0.2, -0.15) is 0 Å². The van der Waals surface area contributed by atoms with E-state index in [1.54, 1.807) is 0 Å². The van der Waals surface area contributed by atoms with Gasteiger partial charge in [-0.25, -0.2) is 0 Å². The highest BCUT2D eigenvalue weighted by atomic mass is 14.3. The highest BCUT2D eigenvalue weighted by Crippen LogP contribution is 2.41. The molecule has 0 amide bonds. The molecule has 8 aromatic rings. The molecule has 240 valence electrons. The maximum Gasteiger partial charge on any atom is -0.000775 e. The molecule has 0 heteroatoms. The summed E-state index contributed by atoms with van der Waals surface area (Å²) in [5.41, 5.74) is 16.2. The lowest BCUT2D eigenvalue weighted by molar-refractivity contribution is 0.943. The lowest BCUT2D eigenvalue weighted by Gasteiger charge is -2.23. The molecule has 0 radical (unpaired) electrons. The minimum Gasteiger partial charge on any atom is -0.0715 e. The van der Waals surface area contributed by atoms with Crippen LogP contribution in [0.4, 0.5) is 0 Å². The smallest absolute Gasteiger partial charge is 0.000775 e. The third kappa shape index (κ3) is 4.83. The Morgan fingerprint density at radius 1 is 0.373 bits per heavy atom. The Morgan fingerprint density at radius 2 is 0.843 bits per heavy atom. The molecule has 0 saturated carbocycles. The topological polar surface area (TPSA) is 0 Å². The van der Waals surface area contributed by atoms with Crippen molar-refractivity contribution in [2.24, 2.45) is 0 Å². The normalized spacial score (nSPS) is 13.3. The van der Waals surface area contributed by atoms with Crippen molar-refractivity contribution in [3.05, 3.63) is 226 Å². The second-order valence-electron chi connectivity index (χ2n) is 13.8. The zero-order valence-electron chi connectivity index (χ0n) is 28.4. The molecule has 0 N–H and O–H groups in total. The van der Waals surface area contributed by atoms with Crippen LogP contribution in [0.25, 0.3) is 54.9 Å². The van der Waals surface area contributed by atoms with Gasteiger partial charge in [0.25, 0.3) is 0 Å². The van der Waals surface area contributed by atoms with Crippen LogP contribution in [-0.4, -0.2) is 0 Å². The highest BCUT2D eigenvalue weighted by molar-refractivity contribution is 6.15. The van der Waals surface area contributed by atoms with Gasteiger partial charge in [-0.1, -0.05) is 182 Å². The van der Waals surface area contributed by atoms with Crippen molar-refractivity contribution in [3.8, 4) is 22.3 Å². The molecule has 0 bridgehead atoms. The number of hydrogen-bond donors (Lipinski definition) is 0. The first-order chi connectivity index (χ1) is 25.3. The van der Waals surface area contributed by atoms with E-state index in [9.17, 15) is 0 Å². The largest absolute Gasteiger partial charge is 0.0715 e. The van der Waals surface area contributed by atoms with E-state index < -0.39 is 0 Å². The van der Waals surface area contributed by atoms with Crippen LogP contribution in [0.1, 0.15) is 27.8 Å². The molecule has 10 rings (SSSR count). The van der Waals surface area contributed by atoms with Gasteiger partial charge < -0.3 is 0 Å². The standard InChI is InChI=1S/C51H36/c1-3-18-36(19-4-1)48-47(33-31-35-17-8-10-23-39(35)41-29-15-28-40-38-22-9-7-16-34(38)30-32-44(40)41)49(37-20-5-2-6-21-37)51-46-27-14-12-25-43(46)42-24-11-13-26-45(42)50(48)51/h1-29,33H,30-32H2. The van der Waals surface area contributed by atoms with Crippen LogP contribution in [0.15, 0.2) is 188 Å². The minimum atomic E-state index is 0.822. The van der Waals surface area contributed by atoms with E-state index in [1.165, 1.54) is 98.8 Å². The molecule has 0 aromatic heterocycles. The summed E-state index contributed by atoms with van der Waals surface area (Å²) in [6.07, 6.45) is 5.49. The van der Waals surface area contributed by atoms with Gasteiger partial charge in [-0.05, 0) is 118 Å². The van der Waals surface area contributed by atoms with Crippen molar-refractivity contribution in [3.63, 3.8) is 0 Å². The van der Waals surface area contributed by atoms with Crippen LogP contribution in [0, 0.1) is 0 Å². The maximum atomic E-state index is 2.53. The summed E-state index contributed by atoms with van der Waals surface area (Å²) in [5, 5.41) is 7.88. The van der Waals surface area contributed by atoms with Crippen molar-refractivity contribution in [1.29, 1.82) is 0 Å². The summed E-state index contributed by atoms with van der Waals surface area (Å²) in [5.74, 6) is 0. The van der Waals surface area contributed by atoms with Crippen LogP contribution in [-0.2, 0) is 19.3 Å². The first kappa shape index (κ1) is 29.7. The molecule has 0 heterocycles. The van der Waals surface area contributed by atoms with E-state index in [-0.39, 0.29) is 0 Å². The zero-order chi connectivity index (χ0) is 33.7. The van der Waals surface area contributed by atoms with Gasteiger partial charge in [-0.3, -0.25) is 0 Å². The predicted octanol–water partition coefficient (Wildman–Crippen LogP) is 11.0. The SMILES string of the molecule is C(Cc1ccccc1-c1cccc2c1CCc1ccccc1-2)=C1C(c2ccccc2)=c2c(c3ccccc3c3ccccc23)=C1c1ccccc1. The van der Waals surface area contributed by atoms with Crippen molar-refractivity contribution in [2.45, 2.75) is 19.3 Å². The van der Waals surface area contributed by atoms with Crippen LogP contribution in [0.3, 0.4) is 0 Å². The molecule has 0 spiro atoms. The van der Waals surface area contributed by atoms with E-state index in [0.717, 1.165) is 19.3 Å². The highest BCUT2D eigenvalue weighted by Gasteiger charge is 2.26. The minimum absolute atomic E-state index is 0.822. The quantitative estimate of drug-likeness (QED) is 0.163. The summed E-state index contributed by atoms with van der Waals surface area (Å²) in [7, 11) is 0. The molecule has 51 heavy (non-hydrogen) atoms. The van der Waals surface area contributed by atoms with Crippen molar-refractivity contribution >= 4 is 32.7 Å². The van der Waals surface area contributed by atoms with Gasteiger partial charge in [0, 0.05) is 0 Å². The van der Waals surface area contributed by atoms with Gasteiger partial charge in [0.2, 0.25) is 0 Å². The summed E-state index contributed by atoms with van der Waals surface area (Å²) >= 11 is 0. The number of fused-ring (bicyclic) bond motifs is 9. The maximum absolute atomic E-state index is 2.53. The fourth-order valence-electron chi connectivity index (χ4n) is 8.86. The van der Waals surface area contributed by atoms with Crippen LogP contribution < -0.4 is 10.4 Å². The Labute approximate surface area is 299 Å². The molecule has 2 aliphatic carbocycles. The number of allylic oxidation sites excluding steroid dienone is 2. The monoisotopic (exact) mass is 648 g/mol. The van der Waals surface area contributed by atoms with E-state index in [1.807, 2.05) is 0 Å². The summed E-state index contributed by atoms with van der Waals surface area (Å²) in [4.78, 5) is 0. The van der Waals surface area contributed by atoms with E-state index in [0.29, 0.717) is 0 Å². The van der Waals surface area contributed by atoms with E-state index in [4.69, 9.17) is 0 Å². The Hall–Kier alpha value is -6.24. The third-order valence-corrected chi connectivity index (χ3v) is 11.1. The Balaban J connectivity index is 1.24. The molecule has 0 saturated heterocycles. The van der Waals surface area contributed by atoms with Gasteiger partial charge in [-0.15, -0.1) is 0 Å². The summed E-state index contributed by atoms with van der Waals surface area (Å²) in [6, 6.07) is 65.0. The zero-order valence-corrected chi connectivity index (χ0v) is 28.4. The second kappa shape index (κ2) is 12.3. The first-order valence-corrected chi connectivity index (χ1v) is 18.1. The molecule has 0 nitrogen and oxygen atoms in total. The molecule has 0 fully saturated rings. The Kier molecular flexibility index (Phi) is 7.13. The molecule has 0 unspecified atom stereocenters. The van der Waals surface area contributed by atoms with Crippen molar-refractivity contribution < 1.29 is 0 Å². The summed E-state index contributed by atoms with van der Waals surface area (Å²) in [6.45, 7) is 0. The lowest BCUT2D eigenvalue weighted by Crippen LogP contribution is -2.27. The fraction of sp³-hybridized carbons (Fsp3) is 0.0588. The molecule has 0 aliphatic heterocycles. The Morgan fingerprint density at radius 3 is 1.47 bits per heavy atom. The number of hydrogen-bond acceptors (Lipinski definition) is 0. The van der Waals surface area contributed by atoms with Gasteiger partial charge >= 0.3 is 0 Å². The van der Waals surface area contributed by atoms with E-state index >= 15 is 0 Å². The average Bonchev–Trinajstić information content (AvgIpc) is 3.56. The molecule has 0 atom stereocenters. The van der Waals surface area contributed by atoms with E-state index in [2.05, 4.69) is 182 Å². The van der Waals surface area contributed by atoms with Crippen LogP contribution >= 0.6 is 0 Å². The predicted molar refractivity (Wildman–Crippen MR) is 215 cm³/mol. The number of rotatable bonds is 5. The second-order valence-corrected chi connectivity index (χ2v) is 13.8. The lowest BCUT2D eigenvalue weighted by atomic mass is 9.81.